The largest absolute Gasteiger partial charge is 0.493 e. The number of allylic oxidation sites excluding steroid dienone is 1. The highest BCUT2D eigenvalue weighted by Gasteiger charge is 2.44. The van der Waals surface area contributed by atoms with E-state index in [1.165, 1.54) is 14.2 Å². The molecular formula is C21H20O6. The van der Waals surface area contributed by atoms with Crippen molar-refractivity contribution in [2.75, 3.05) is 21.0 Å². The maximum Gasteiger partial charge on any atom is 0.231 e. The van der Waals surface area contributed by atoms with E-state index < -0.39 is 5.60 Å². The second-order valence-electron chi connectivity index (χ2n) is 6.61. The second-order valence-corrected chi connectivity index (χ2v) is 6.61. The van der Waals surface area contributed by atoms with Crippen LogP contribution < -0.4 is 18.9 Å². The molecule has 140 valence electrons. The number of fused-ring (bicyclic) bond motifs is 2. The van der Waals surface area contributed by atoms with E-state index in [1.54, 1.807) is 44.2 Å². The molecule has 0 fully saturated rings. The van der Waals surface area contributed by atoms with Crippen molar-refractivity contribution >= 4 is 5.78 Å². The number of hydrogen-bond acceptors (Lipinski definition) is 6. The van der Waals surface area contributed by atoms with E-state index >= 15 is 0 Å². The van der Waals surface area contributed by atoms with Crippen molar-refractivity contribution in [3.63, 3.8) is 0 Å². The average molecular weight is 368 g/mol. The van der Waals surface area contributed by atoms with Gasteiger partial charge in [0.15, 0.2) is 28.8 Å². The maximum atomic E-state index is 12.9. The van der Waals surface area contributed by atoms with Crippen molar-refractivity contribution in [3.8, 4) is 23.0 Å². The van der Waals surface area contributed by atoms with E-state index in [0.29, 0.717) is 50.8 Å². The standard InChI is InChI=1S/C21H20O6/c1-11-12(2)21(23,13-5-6-16-19(7-13)27-10-26-16)15-9-18(25-4)17(24-3)8-14(15)20(11)22/h5-9,23H,10H2,1-4H3. The minimum absolute atomic E-state index is 0.144. The first-order chi connectivity index (χ1) is 12.9. The Bertz CT molecular complexity index is 990. The summed E-state index contributed by atoms with van der Waals surface area (Å²) in [7, 11) is 3.03. The van der Waals surface area contributed by atoms with E-state index in [0.717, 1.165) is 0 Å². The Morgan fingerprint density at radius 3 is 2.37 bits per heavy atom. The summed E-state index contributed by atoms with van der Waals surface area (Å²) in [4.78, 5) is 12.9. The number of aliphatic hydroxyl groups is 1. The molecule has 1 heterocycles. The van der Waals surface area contributed by atoms with Crippen LogP contribution in [0.2, 0.25) is 0 Å². The van der Waals surface area contributed by atoms with Crippen LogP contribution in [0.5, 0.6) is 23.0 Å². The number of carbonyl (C=O) groups excluding carboxylic acids is 1. The molecule has 0 radical (unpaired) electrons. The minimum Gasteiger partial charge on any atom is -0.493 e. The molecule has 1 atom stereocenters. The van der Waals surface area contributed by atoms with Gasteiger partial charge in [-0.15, -0.1) is 0 Å². The first-order valence-electron chi connectivity index (χ1n) is 8.53. The minimum atomic E-state index is -1.51. The van der Waals surface area contributed by atoms with Crippen molar-refractivity contribution in [2.24, 2.45) is 0 Å². The van der Waals surface area contributed by atoms with Crippen LogP contribution in [0.15, 0.2) is 41.5 Å². The number of methoxy groups -OCH3 is 2. The van der Waals surface area contributed by atoms with Gasteiger partial charge >= 0.3 is 0 Å². The third kappa shape index (κ3) is 2.33. The maximum absolute atomic E-state index is 12.9. The molecule has 0 bridgehead atoms. The Labute approximate surface area is 156 Å². The normalized spacial score (nSPS) is 20.6. The lowest BCUT2D eigenvalue weighted by Crippen LogP contribution is -2.36. The van der Waals surface area contributed by atoms with Gasteiger partial charge in [0, 0.05) is 11.1 Å². The molecule has 1 N–H and O–H groups in total. The van der Waals surface area contributed by atoms with Crippen LogP contribution in [-0.4, -0.2) is 31.9 Å². The Hall–Kier alpha value is -2.99. The summed E-state index contributed by atoms with van der Waals surface area (Å²) in [5, 5.41) is 11.9. The van der Waals surface area contributed by atoms with Crippen molar-refractivity contribution in [1.82, 2.24) is 0 Å². The lowest BCUT2D eigenvalue weighted by atomic mass is 9.71. The van der Waals surface area contributed by atoms with Crippen molar-refractivity contribution in [1.29, 1.82) is 0 Å². The van der Waals surface area contributed by atoms with Crippen molar-refractivity contribution in [2.45, 2.75) is 19.4 Å². The van der Waals surface area contributed by atoms with E-state index in [-0.39, 0.29) is 12.6 Å². The quantitative estimate of drug-likeness (QED) is 0.897. The van der Waals surface area contributed by atoms with Crippen LogP contribution in [0.4, 0.5) is 0 Å². The van der Waals surface area contributed by atoms with Crippen LogP contribution >= 0.6 is 0 Å². The van der Waals surface area contributed by atoms with Gasteiger partial charge < -0.3 is 24.1 Å². The number of hydrogen-bond donors (Lipinski definition) is 1. The molecule has 6 heteroatoms. The van der Waals surface area contributed by atoms with Crippen LogP contribution in [0.25, 0.3) is 0 Å². The van der Waals surface area contributed by atoms with Gasteiger partial charge in [0.05, 0.1) is 14.2 Å². The number of ketones is 1. The summed E-state index contributed by atoms with van der Waals surface area (Å²) >= 11 is 0. The summed E-state index contributed by atoms with van der Waals surface area (Å²) in [6, 6.07) is 8.56. The molecule has 0 aromatic heterocycles. The molecule has 6 nitrogen and oxygen atoms in total. The van der Waals surface area contributed by atoms with Crippen molar-refractivity contribution in [3.05, 3.63) is 58.2 Å². The molecule has 27 heavy (non-hydrogen) atoms. The van der Waals surface area contributed by atoms with Crippen molar-refractivity contribution < 1.29 is 28.8 Å². The molecule has 0 amide bonds. The van der Waals surface area contributed by atoms with Gasteiger partial charge in [-0.1, -0.05) is 6.07 Å². The van der Waals surface area contributed by atoms with Gasteiger partial charge in [0.1, 0.15) is 5.60 Å². The van der Waals surface area contributed by atoms with E-state index in [9.17, 15) is 9.90 Å². The monoisotopic (exact) mass is 368 g/mol. The number of Topliss-reactive ketones (excluding diaryl/α,β-unsaturated/α-hetero) is 1. The number of benzene rings is 2. The van der Waals surface area contributed by atoms with Crippen LogP contribution in [0, 0.1) is 0 Å². The van der Waals surface area contributed by atoms with Crippen LogP contribution in [0.1, 0.15) is 35.3 Å². The predicted molar refractivity (Wildman–Crippen MR) is 97.8 cm³/mol. The molecule has 2 aromatic carbocycles. The summed E-state index contributed by atoms with van der Waals surface area (Å²) < 4.78 is 21.6. The fourth-order valence-corrected chi connectivity index (χ4v) is 3.71. The summed E-state index contributed by atoms with van der Waals surface area (Å²) in [5.74, 6) is 1.92. The van der Waals surface area contributed by atoms with E-state index in [2.05, 4.69) is 0 Å². The second kappa shape index (κ2) is 6.03. The fourth-order valence-electron chi connectivity index (χ4n) is 3.71. The molecule has 0 saturated carbocycles. The first kappa shape index (κ1) is 17.4. The first-order valence-corrected chi connectivity index (χ1v) is 8.53. The topological polar surface area (TPSA) is 74.2 Å². The Morgan fingerprint density at radius 1 is 1.00 bits per heavy atom. The highest BCUT2D eigenvalue weighted by atomic mass is 16.7. The van der Waals surface area contributed by atoms with Gasteiger partial charge in [-0.05, 0) is 54.8 Å². The molecular weight excluding hydrogens is 348 g/mol. The summed E-state index contributed by atoms with van der Waals surface area (Å²) in [6.07, 6.45) is 0. The Balaban J connectivity index is 2.01. The third-order valence-electron chi connectivity index (χ3n) is 5.39. The van der Waals surface area contributed by atoms with Gasteiger partial charge in [-0.3, -0.25) is 4.79 Å². The van der Waals surface area contributed by atoms with E-state index in [1.807, 2.05) is 0 Å². The molecule has 0 saturated heterocycles. The number of carbonyl (C=O) groups is 1. The summed E-state index contributed by atoms with van der Waals surface area (Å²) in [5.41, 5.74) is 0.974. The molecule has 1 unspecified atom stereocenters. The van der Waals surface area contributed by atoms with Crippen LogP contribution in [0.3, 0.4) is 0 Å². The Kier molecular flexibility index (Phi) is 3.89. The highest BCUT2D eigenvalue weighted by Crippen LogP contribution is 2.48. The predicted octanol–water partition coefficient (Wildman–Crippen LogP) is 3.20. The van der Waals surface area contributed by atoms with Gasteiger partial charge in [-0.25, -0.2) is 0 Å². The van der Waals surface area contributed by atoms with E-state index in [4.69, 9.17) is 18.9 Å². The zero-order valence-corrected chi connectivity index (χ0v) is 15.6. The molecule has 2 aliphatic rings. The fraction of sp³-hybridized carbons (Fsp3) is 0.286. The molecule has 4 rings (SSSR count). The molecule has 1 aliphatic carbocycles. The zero-order valence-electron chi connectivity index (χ0n) is 15.6. The SMILES string of the molecule is COc1cc2c(cc1OC)C(O)(c1ccc3c(c1)OCO3)C(C)=C(C)C2=O. The zero-order chi connectivity index (χ0) is 19.3. The average Bonchev–Trinajstić information content (AvgIpc) is 3.17. The van der Waals surface area contributed by atoms with Gasteiger partial charge in [0.25, 0.3) is 0 Å². The molecule has 2 aromatic rings. The smallest absolute Gasteiger partial charge is 0.231 e. The molecule has 1 aliphatic heterocycles. The lowest BCUT2D eigenvalue weighted by molar-refractivity contribution is 0.0933. The van der Waals surface area contributed by atoms with Gasteiger partial charge in [0.2, 0.25) is 6.79 Å². The third-order valence-corrected chi connectivity index (χ3v) is 5.39. The molecule has 0 spiro atoms. The number of ether oxygens (including phenoxy) is 4. The van der Waals surface area contributed by atoms with Crippen LogP contribution in [-0.2, 0) is 5.60 Å². The van der Waals surface area contributed by atoms with Gasteiger partial charge in [-0.2, -0.15) is 0 Å². The highest BCUT2D eigenvalue weighted by molar-refractivity contribution is 6.12. The summed E-state index contributed by atoms with van der Waals surface area (Å²) in [6.45, 7) is 3.62. The number of rotatable bonds is 3. The lowest BCUT2D eigenvalue weighted by Gasteiger charge is -2.37. The Morgan fingerprint density at radius 2 is 1.67 bits per heavy atom.